The molecule has 0 aliphatic carbocycles. The molecule has 3 nitrogen and oxygen atoms in total. The summed E-state index contributed by atoms with van der Waals surface area (Å²) >= 11 is 1.57. The van der Waals surface area contributed by atoms with E-state index >= 15 is 0 Å². The molecule has 0 atom stereocenters. The molecular weight excluding hydrogens is 369 g/mol. The van der Waals surface area contributed by atoms with Crippen LogP contribution in [0.2, 0.25) is 0 Å². The van der Waals surface area contributed by atoms with Crippen LogP contribution in [0.25, 0.3) is 11.3 Å². The fourth-order valence-corrected chi connectivity index (χ4v) is 4.34. The van der Waals surface area contributed by atoms with Crippen LogP contribution in [0.4, 0.5) is 9.52 Å². The minimum atomic E-state index is -0.223. The number of unbranched alkanes of at least 4 members (excludes halogenated alkanes) is 6. The highest BCUT2D eigenvalue weighted by Gasteiger charge is 2.14. The van der Waals surface area contributed by atoms with Gasteiger partial charge in [0, 0.05) is 17.0 Å². The van der Waals surface area contributed by atoms with E-state index in [4.69, 9.17) is 5.73 Å². The third kappa shape index (κ3) is 7.88. The van der Waals surface area contributed by atoms with Gasteiger partial charge in [-0.1, -0.05) is 52.4 Å². The predicted octanol–water partition coefficient (Wildman–Crippen LogP) is 6.54. The average molecular weight is 406 g/mol. The van der Waals surface area contributed by atoms with Crippen molar-refractivity contribution in [1.29, 1.82) is 0 Å². The lowest BCUT2D eigenvalue weighted by molar-refractivity contribution is 0.264. The molecule has 1 heterocycles. The maximum Gasteiger partial charge on any atom is 0.180 e. The summed E-state index contributed by atoms with van der Waals surface area (Å²) in [4.78, 5) is 8.33. The lowest BCUT2D eigenvalue weighted by atomic mass is 10.1. The fraction of sp³-hybridized carbons (Fsp3) is 0.609. The van der Waals surface area contributed by atoms with Crippen molar-refractivity contribution in [3.63, 3.8) is 0 Å². The Morgan fingerprint density at radius 2 is 1.50 bits per heavy atom. The Morgan fingerprint density at radius 1 is 0.893 bits per heavy atom. The molecule has 0 amide bonds. The van der Waals surface area contributed by atoms with Crippen LogP contribution >= 0.6 is 11.3 Å². The van der Waals surface area contributed by atoms with Crippen molar-refractivity contribution in [2.75, 3.05) is 25.4 Å². The van der Waals surface area contributed by atoms with Gasteiger partial charge in [0.1, 0.15) is 5.82 Å². The van der Waals surface area contributed by atoms with Gasteiger partial charge in [-0.05, 0) is 56.6 Å². The minimum absolute atomic E-state index is 0.223. The van der Waals surface area contributed by atoms with Crippen LogP contribution in [0.15, 0.2) is 24.3 Å². The number of halogens is 1. The molecule has 0 aliphatic heterocycles. The lowest BCUT2D eigenvalue weighted by Gasteiger charge is -2.22. The molecule has 2 N–H and O–H groups in total. The van der Waals surface area contributed by atoms with Crippen LogP contribution in [0.3, 0.4) is 0 Å². The molecule has 0 unspecified atom stereocenters. The van der Waals surface area contributed by atoms with Crippen LogP contribution in [0, 0.1) is 5.82 Å². The number of benzene rings is 1. The molecule has 1 aromatic carbocycles. The van der Waals surface area contributed by atoms with Gasteiger partial charge in [0.2, 0.25) is 0 Å². The summed E-state index contributed by atoms with van der Waals surface area (Å²) in [6.45, 7) is 7.90. The van der Waals surface area contributed by atoms with Crippen LogP contribution in [-0.4, -0.2) is 29.5 Å². The molecule has 28 heavy (non-hydrogen) atoms. The van der Waals surface area contributed by atoms with Crippen LogP contribution in [0.5, 0.6) is 0 Å². The van der Waals surface area contributed by atoms with Gasteiger partial charge in [-0.25, -0.2) is 9.37 Å². The normalized spacial score (nSPS) is 11.4. The Kier molecular flexibility index (Phi) is 10.5. The quantitative estimate of drug-likeness (QED) is 0.363. The summed E-state index contributed by atoms with van der Waals surface area (Å²) in [5.41, 5.74) is 7.86. The van der Waals surface area contributed by atoms with Gasteiger partial charge in [0.05, 0.1) is 5.69 Å². The van der Waals surface area contributed by atoms with Gasteiger partial charge < -0.3 is 10.6 Å². The molecule has 156 valence electrons. The highest BCUT2D eigenvalue weighted by Crippen LogP contribution is 2.30. The molecule has 0 saturated carbocycles. The van der Waals surface area contributed by atoms with E-state index in [1.807, 2.05) is 0 Å². The van der Waals surface area contributed by atoms with Crippen LogP contribution in [-0.2, 0) is 6.42 Å². The number of hydrogen-bond acceptors (Lipinski definition) is 4. The molecule has 5 heteroatoms. The van der Waals surface area contributed by atoms with Gasteiger partial charge in [-0.2, -0.15) is 0 Å². The molecule has 0 spiro atoms. The Morgan fingerprint density at radius 3 is 2.07 bits per heavy atom. The van der Waals surface area contributed by atoms with Crippen molar-refractivity contribution in [2.24, 2.45) is 0 Å². The topological polar surface area (TPSA) is 42.1 Å². The first-order valence-corrected chi connectivity index (χ1v) is 11.7. The van der Waals surface area contributed by atoms with Crippen molar-refractivity contribution < 1.29 is 4.39 Å². The van der Waals surface area contributed by atoms with Crippen molar-refractivity contribution >= 4 is 16.5 Å². The predicted molar refractivity (Wildman–Crippen MR) is 120 cm³/mol. The van der Waals surface area contributed by atoms with E-state index in [-0.39, 0.29) is 5.82 Å². The Bertz CT molecular complexity index is 657. The van der Waals surface area contributed by atoms with Gasteiger partial charge in [0.25, 0.3) is 0 Å². The van der Waals surface area contributed by atoms with Crippen molar-refractivity contribution in [3.8, 4) is 11.3 Å². The van der Waals surface area contributed by atoms with E-state index in [0.29, 0.717) is 5.13 Å². The van der Waals surface area contributed by atoms with Gasteiger partial charge in [-0.3, -0.25) is 0 Å². The molecule has 0 fully saturated rings. The van der Waals surface area contributed by atoms with Gasteiger partial charge >= 0.3 is 0 Å². The molecule has 1 aromatic heterocycles. The summed E-state index contributed by atoms with van der Waals surface area (Å²) in [6.07, 6.45) is 11.3. The second kappa shape index (κ2) is 12.9. The van der Waals surface area contributed by atoms with Gasteiger partial charge in [-0.15, -0.1) is 11.3 Å². The first-order chi connectivity index (χ1) is 13.6. The van der Waals surface area contributed by atoms with E-state index in [9.17, 15) is 4.39 Å². The summed E-state index contributed by atoms with van der Waals surface area (Å²) in [6, 6.07) is 6.56. The van der Waals surface area contributed by atoms with Crippen molar-refractivity contribution in [1.82, 2.24) is 9.88 Å². The molecule has 2 rings (SSSR count). The largest absolute Gasteiger partial charge is 0.375 e. The van der Waals surface area contributed by atoms with Crippen molar-refractivity contribution in [3.05, 3.63) is 35.0 Å². The molecule has 2 aromatic rings. The Balaban J connectivity index is 1.97. The number of nitrogen functional groups attached to an aromatic ring is 1. The summed E-state index contributed by atoms with van der Waals surface area (Å²) < 4.78 is 13.3. The number of anilines is 1. The maximum absolute atomic E-state index is 13.3. The zero-order valence-electron chi connectivity index (χ0n) is 17.6. The number of hydrogen-bond donors (Lipinski definition) is 1. The molecular formula is C23H36FN3S. The number of nitrogens with two attached hydrogens (primary N) is 1. The minimum Gasteiger partial charge on any atom is -0.375 e. The molecule has 0 saturated heterocycles. The zero-order valence-corrected chi connectivity index (χ0v) is 18.4. The third-order valence-electron chi connectivity index (χ3n) is 5.14. The van der Waals surface area contributed by atoms with Crippen LogP contribution < -0.4 is 5.73 Å². The first kappa shape index (κ1) is 22.8. The summed E-state index contributed by atoms with van der Waals surface area (Å²) in [5, 5.41) is 0.590. The average Bonchev–Trinajstić information content (AvgIpc) is 3.07. The summed E-state index contributed by atoms with van der Waals surface area (Å²) in [7, 11) is 0. The van der Waals surface area contributed by atoms with Crippen molar-refractivity contribution in [2.45, 2.75) is 71.6 Å². The number of nitrogens with zero attached hydrogens (tertiary/aromatic N) is 2. The van der Waals surface area contributed by atoms with E-state index in [1.54, 1.807) is 23.5 Å². The molecule has 0 bridgehead atoms. The van der Waals surface area contributed by atoms with Gasteiger partial charge in [0.15, 0.2) is 5.13 Å². The maximum atomic E-state index is 13.3. The smallest absolute Gasteiger partial charge is 0.180 e. The van der Waals surface area contributed by atoms with E-state index in [1.165, 1.54) is 81.5 Å². The van der Waals surface area contributed by atoms with E-state index in [2.05, 4.69) is 23.7 Å². The second-order valence-electron chi connectivity index (χ2n) is 7.54. The van der Waals surface area contributed by atoms with Crippen LogP contribution in [0.1, 0.15) is 70.1 Å². The third-order valence-corrected chi connectivity index (χ3v) is 6.09. The highest BCUT2D eigenvalue weighted by molar-refractivity contribution is 7.15. The molecule has 0 radical (unpaired) electrons. The number of aromatic nitrogens is 1. The number of thiazole rings is 1. The fourth-order valence-electron chi connectivity index (χ4n) is 3.49. The zero-order chi connectivity index (χ0) is 20.2. The lowest BCUT2D eigenvalue weighted by Crippen LogP contribution is -2.28. The Labute approximate surface area is 174 Å². The van der Waals surface area contributed by atoms with E-state index in [0.717, 1.165) is 24.2 Å². The summed E-state index contributed by atoms with van der Waals surface area (Å²) in [5.74, 6) is -0.223. The highest BCUT2D eigenvalue weighted by atomic mass is 32.1. The first-order valence-electron chi connectivity index (χ1n) is 10.9. The second-order valence-corrected chi connectivity index (χ2v) is 8.66. The number of rotatable bonds is 14. The standard InChI is InChI=1S/C23H36FN3S/c1-3-5-7-9-16-27(17-10-8-6-4-2)18-15-21-22(26-23(25)28-21)19-11-13-20(24)14-12-19/h11-14H,3-10,15-18H2,1-2H3,(H2,25,26). The molecule has 0 aliphatic rings. The monoisotopic (exact) mass is 405 g/mol. The SMILES string of the molecule is CCCCCCN(CCCCCC)CCc1sc(N)nc1-c1ccc(F)cc1. The van der Waals surface area contributed by atoms with E-state index < -0.39 is 0 Å². The Hall–Kier alpha value is -1.46.